The Hall–Kier alpha value is -2.06. The molecule has 2 rings (SSSR count). The summed E-state index contributed by atoms with van der Waals surface area (Å²) in [6.07, 6.45) is 2.86. The molecule has 0 aliphatic rings. The molecule has 20 heavy (non-hydrogen) atoms. The van der Waals surface area contributed by atoms with Gasteiger partial charge in [-0.05, 0) is 18.5 Å². The van der Waals surface area contributed by atoms with Crippen molar-refractivity contribution in [2.24, 2.45) is 0 Å². The van der Waals surface area contributed by atoms with Gasteiger partial charge in [0.2, 0.25) is 11.2 Å². The molecule has 2 heterocycles. The number of halogens is 1. The molecule has 106 valence electrons. The first-order chi connectivity index (χ1) is 9.65. The maximum Gasteiger partial charge on any atom is 0.258 e. The van der Waals surface area contributed by atoms with Crippen LogP contribution in [-0.4, -0.2) is 49.5 Å². The summed E-state index contributed by atoms with van der Waals surface area (Å²) in [4.78, 5) is 15.9. The number of hydrogen-bond acceptors (Lipinski definition) is 7. The smallest absolute Gasteiger partial charge is 0.258 e. The van der Waals surface area contributed by atoms with Gasteiger partial charge in [-0.1, -0.05) is 12.2 Å². The maximum atomic E-state index is 5.84. The van der Waals surface area contributed by atoms with Crippen molar-refractivity contribution >= 4 is 17.5 Å². The number of ether oxygens (including phenoxy) is 1. The van der Waals surface area contributed by atoms with Gasteiger partial charge in [-0.25, -0.2) is 4.98 Å². The van der Waals surface area contributed by atoms with Crippen molar-refractivity contribution in [3.63, 3.8) is 0 Å². The van der Waals surface area contributed by atoms with E-state index >= 15 is 0 Å². The van der Waals surface area contributed by atoms with E-state index in [0.717, 1.165) is 5.57 Å². The fraction of sp³-hybridized carbons (Fsp3) is 0.364. The molecule has 0 aromatic carbocycles. The molecule has 0 unspecified atom stereocenters. The Balaban J connectivity index is 1.93. The van der Waals surface area contributed by atoms with E-state index in [1.807, 2.05) is 6.92 Å². The topological polar surface area (TPSA) is 90.6 Å². The Morgan fingerprint density at radius 1 is 1.45 bits per heavy atom. The molecule has 0 amide bonds. The largest absolute Gasteiger partial charge is 0.375 e. The van der Waals surface area contributed by atoms with Gasteiger partial charge < -0.3 is 10.1 Å². The molecule has 0 radical (unpaired) electrons. The second kappa shape index (κ2) is 6.92. The number of nitrogens with one attached hydrogen (secondary N) is 1. The molecule has 0 aliphatic carbocycles. The van der Waals surface area contributed by atoms with Crippen molar-refractivity contribution in [1.29, 1.82) is 0 Å². The lowest BCUT2D eigenvalue weighted by atomic mass is 10.4. The van der Waals surface area contributed by atoms with Gasteiger partial charge in [0.25, 0.3) is 5.95 Å². The van der Waals surface area contributed by atoms with Gasteiger partial charge in [-0.2, -0.15) is 24.7 Å². The lowest BCUT2D eigenvalue weighted by Crippen LogP contribution is -2.14. The zero-order valence-electron chi connectivity index (χ0n) is 11.0. The van der Waals surface area contributed by atoms with Crippen LogP contribution in [0.5, 0.6) is 0 Å². The monoisotopic (exact) mass is 295 g/mol. The Morgan fingerprint density at radius 3 is 3.00 bits per heavy atom. The molecule has 0 fully saturated rings. The van der Waals surface area contributed by atoms with Crippen molar-refractivity contribution in [2.75, 3.05) is 25.1 Å². The molecule has 0 spiro atoms. The minimum Gasteiger partial charge on any atom is -0.375 e. The fourth-order valence-corrected chi connectivity index (χ4v) is 1.47. The first-order valence-corrected chi connectivity index (χ1v) is 6.25. The fourth-order valence-electron chi connectivity index (χ4n) is 1.31. The number of rotatable bonds is 7. The minimum absolute atomic E-state index is 0.0795. The van der Waals surface area contributed by atoms with E-state index in [0.29, 0.717) is 31.7 Å². The Bertz CT molecular complexity index is 572. The zero-order chi connectivity index (χ0) is 14.4. The average molecular weight is 296 g/mol. The van der Waals surface area contributed by atoms with Crippen LogP contribution in [0.25, 0.3) is 5.95 Å². The summed E-state index contributed by atoms with van der Waals surface area (Å²) in [6.45, 7) is 7.24. The molecule has 0 bridgehead atoms. The Kier molecular flexibility index (Phi) is 4.97. The minimum atomic E-state index is 0.0795. The number of anilines is 1. The first kappa shape index (κ1) is 14.4. The molecule has 0 aliphatic heterocycles. The molecule has 0 atom stereocenters. The Labute approximate surface area is 120 Å². The lowest BCUT2D eigenvalue weighted by molar-refractivity contribution is 0.167. The van der Waals surface area contributed by atoms with Gasteiger partial charge in [0, 0.05) is 6.54 Å². The number of nitrogens with zero attached hydrogens (tertiary/aromatic N) is 6. The van der Waals surface area contributed by atoms with E-state index in [1.165, 1.54) is 17.3 Å². The summed E-state index contributed by atoms with van der Waals surface area (Å²) in [5.74, 6) is 0.655. The van der Waals surface area contributed by atoms with Crippen LogP contribution in [0, 0.1) is 0 Å². The summed E-state index contributed by atoms with van der Waals surface area (Å²) in [7, 11) is 0. The molecule has 9 heteroatoms. The highest BCUT2D eigenvalue weighted by Gasteiger charge is 2.07. The second-order valence-electron chi connectivity index (χ2n) is 4.00. The van der Waals surface area contributed by atoms with Crippen LogP contribution in [0.2, 0.25) is 5.28 Å². The van der Waals surface area contributed by atoms with Gasteiger partial charge in [0.15, 0.2) is 0 Å². The molecular weight excluding hydrogens is 282 g/mol. The summed E-state index contributed by atoms with van der Waals surface area (Å²) in [6, 6.07) is 0. The summed E-state index contributed by atoms with van der Waals surface area (Å²) < 4.78 is 6.75. The van der Waals surface area contributed by atoms with Crippen molar-refractivity contribution in [1.82, 2.24) is 29.7 Å². The summed E-state index contributed by atoms with van der Waals surface area (Å²) in [5.41, 5.74) is 0.974. The molecule has 0 saturated heterocycles. The van der Waals surface area contributed by atoms with Crippen LogP contribution in [0.4, 0.5) is 5.95 Å². The van der Waals surface area contributed by atoms with Crippen LogP contribution >= 0.6 is 11.6 Å². The molecule has 0 saturated carbocycles. The highest BCUT2D eigenvalue weighted by molar-refractivity contribution is 6.28. The van der Waals surface area contributed by atoms with Gasteiger partial charge in [-0.15, -0.1) is 0 Å². The third-order valence-corrected chi connectivity index (χ3v) is 2.27. The first-order valence-electron chi connectivity index (χ1n) is 5.88. The van der Waals surface area contributed by atoms with Crippen LogP contribution in [0.3, 0.4) is 0 Å². The van der Waals surface area contributed by atoms with E-state index in [2.05, 4.69) is 36.9 Å². The average Bonchev–Trinajstić information content (AvgIpc) is 2.91. The van der Waals surface area contributed by atoms with E-state index in [1.54, 1.807) is 0 Å². The lowest BCUT2D eigenvalue weighted by Gasteiger charge is -2.07. The van der Waals surface area contributed by atoms with Crippen LogP contribution in [0.15, 0.2) is 24.8 Å². The van der Waals surface area contributed by atoms with E-state index in [9.17, 15) is 0 Å². The van der Waals surface area contributed by atoms with Crippen molar-refractivity contribution in [3.8, 4) is 5.95 Å². The zero-order valence-corrected chi connectivity index (χ0v) is 11.7. The maximum absolute atomic E-state index is 5.84. The quantitative estimate of drug-likeness (QED) is 0.604. The molecule has 2 aromatic rings. The van der Waals surface area contributed by atoms with Crippen molar-refractivity contribution in [3.05, 3.63) is 30.1 Å². The summed E-state index contributed by atoms with van der Waals surface area (Å²) in [5, 5.41) is 7.01. The molecular formula is C11H14ClN7O. The standard InChI is InChI=1S/C11H14ClN7O/c1-8(2)5-20-4-3-14-10-16-9(12)17-11(18-10)19-7-13-6-15-19/h6-7H,1,3-5H2,2H3,(H,14,16,17,18). The van der Waals surface area contributed by atoms with E-state index in [-0.39, 0.29) is 5.28 Å². The predicted molar refractivity (Wildman–Crippen MR) is 73.9 cm³/mol. The summed E-state index contributed by atoms with van der Waals surface area (Å²) >= 11 is 5.84. The van der Waals surface area contributed by atoms with Gasteiger partial charge in [0.05, 0.1) is 13.2 Å². The normalized spacial score (nSPS) is 10.5. The second-order valence-corrected chi connectivity index (χ2v) is 4.34. The van der Waals surface area contributed by atoms with Gasteiger partial charge in [-0.3, -0.25) is 0 Å². The van der Waals surface area contributed by atoms with Crippen LogP contribution < -0.4 is 5.32 Å². The van der Waals surface area contributed by atoms with Gasteiger partial charge in [0.1, 0.15) is 12.7 Å². The molecule has 8 nitrogen and oxygen atoms in total. The van der Waals surface area contributed by atoms with Gasteiger partial charge >= 0.3 is 0 Å². The molecule has 2 aromatic heterocycles. The number of hydrogen-bond donors (Lipinski definition) is 1. The highest BCUT2D eigenvalue weighted by Crippen LogP contribution is 2.08. The van der Waals surface area contributed by atoms with Crippen molar-refractivity contribution < 1.29 is 4.74 Å². The van der Waals surface area contributed by atoms with E-state index < -0.39 is 0 Å². The molecule has 1 N–H and O–H groups in total. The predicted octanol–water partition coefficient (Wildman–Crippen LogP) is 1.11. The third kappa shape index (κ3) is 4.25. The van der Waals surface area contributed by atoms with Crippen LogP contribution in [0.1, 0.15) is 6.92 Å². The highest BCUT2D eigenvalue weighted by atomic mass is 35.5. The van der Waals surface area contributed by atoms with E-state index in [4.69, 9.17) is 16.3 Å². The van der Waals surface area contributed by atoms with Crippen molar-refractivity contribution in [2.45, 2.75) is 6.92 Å². The SMILES string of the molecule is C=C(C)COCCNc1nc(Cl)nc(-n2cncn2)n1. The third-order valence-electron chi connectivity index (χ3n) is 2.10. The van der Waals surface area contributed by atoms with Crippen LogP contribution in [-0.2, 0) is 4.74 Å². The Morgan fingerprint density at radius 2 is 2.30 bits per heavy atom. The number of aromatic nitrogens is 6.